The normalized spacial score (nSPS) is 32.6. The molecule has 3 unspecified atom stereocenters. The first-order valence-electron chi connectivity index (χ1n) is 6.09. The lowest BCUT2D eigenvalue weighted by atomic mass is 9.96. The van der Waals surface area contributed by atoms with Crippen molar-refractivity contribution in [1.29, 1.82) is 0 Å². The van der Waals surface area contributed by atoms with Crippen LogP contribution in [0.5, 0.6) is 0 Å². The molecule has 0 spiro atoms. The summed E-state index contributed by atoms with van der Waals surface area (Å²) in [6.45, 7) is 11.5. The summed E-state index contributed by atoms with van der Waals surface area (Å²) >= 11 is 0. The van der Waals surface area contributed by atoms with Gasteiger partial charge in [0.15, 0.2) is 0 Å². The van der Waals surface area contributed by atoms with Crippen molar-refractivity contribution in [3.8, 4) is 0 Å². The zero-order valence-electron chi connectivity index (χ0n) is 10.6. The molecule has 0 aromatic heterocycles. The molecule has 3 atom stereocenters. The molecule has 0 aromatic carbocycles. The number of rotatable bonds is 4. The summed E-state index contributed by atoms with van der Waals surface area (Å²) in [5.41, 5.74) is 6.23. The highest BCUT2D eigenvalue weighted by Gasteiger charge is 2.28. The van der Waals surface area contributed by atoms with E-state index < -0.39 is 0 Å². The van der Waals surface area contributed by atoms with Gasteiger partial charge in [-0.25, -0.2) is 0 Å². The lowest BCUT2D eigenvalue weighted by molar-refractivity contribution is -0.0556. The monoisotopic (exact) mass is 214 g/mol. The SMILES string of the molecule is CCCC(C)(N)CN1CC(C)OCC1C. The molecule has 90 valence electrons. The van der Waals surface area contributed by atoms with Crippen LogP contribution in [0.2, 0.25) is 0 Å². The lowest BCUT2D eigenvalue weighted by Gasteiger charge is -2.41. The molecule has 1 fully saturated rings. The van der Waals surface area contributed by atoms with E-state index in [1.807, 2.05) is 0 Å². The third-order valence-corrected chi connectivity index (χ3v) is 3.12. The average molecular weight is 214 g/mol. The quantitative estimate of drug-likeness (QED) is 0.773. The van der Waals surface area contributed by atoms with Crippen molar-refractivity contribution < 1.29 is 4.74 Å². The Bertz CT molecular complexity index is 194. The number of hydrogen-bond donors (Lipinski definition) is 1. The minimum Gasteiger partial charge on any atom is -0.376 e. The first kappa shape index (κ1) is 12.9. The number of ether oxygens (including phenoxy) is 1. The summed E-state index contributed by atoms with van der Waals surface area (Å²) in [6, 6.07) is 0.501. The summed E-state index contributed by atoms with van der Waals surface area (Å²) < 4.78 is 5.61. The van der Waals surface area contributed by atoms with Crippen molar-refractivity contribution >= 4 is 0 Å². The summed E-state index contributed by atoms with van der Waals surface area (Å²) in [4.78, 5) is 2.46. The fourth-order valence-corrected chi connectivity index (χ4v) is 2.31. The minimum absolute atomic E-state index is 0.0555. The van der Waals surface area contributed by atoms with Gasteiger partial charge in [0.25, 0.3) is 0 Å². The van der Waals surface area contributed by atoms with E-state index in [0.29, 0.717) is 12.1 Å². The second kappa shape index (κ2) is 5.28. The van der Waals surface area contributed by atoms with Crippen molar-refractivity contribution in [3.05, 3.63) is 0 Å². The van der Waals surface area contributed by atoms with Gasteiger partial charge in [-0.1, -0.05) is 13.3 Å². The number of nitrogens with two attached hydrogens (primary N) is 1. The molecule has 1 saturated heterocycles. The molecule has 15 heavy (non-hydrogen) atoms. The van der Waals surface area contributed by atoms with Gasteiger partial charge >= 0.3 is 0 Å². The van der Waals surface area contributed by atoms with E-state index in [9.17, 15) is 0 Å². The summed E-state index contributed by atoms with van der Waals surface area (Å²) in [5.74, 6) is 0. The molecule has 0 saturated carbocycles. The molecule has 1 rings (SSSR count). The van der Waals surface area contributed by atoms with Gasteiger partial charge in [-0.3, -0.25) is 4.90 Å². The molecule has 2 N–H and O–H groups in total. The zero-order valence-corrected chi connectivity index (χ0v) is 10.6. The van der Waals surface area contributed by atoms with Crippen LogP contribution in [0.15, 0.2) is 0 Å². The Hall–Kier alpha value is -0.120. The van der Waals surface area contributed by atoms with Gasteiger partial charge in [0, 0.05) is 24.7 Å². The van der Waals surface area contributed by atoms with Crippen LogP contribution in [0.25, 0.3) is 0 Å². The molecule has 0 radical (unpaired) electrons. The van der Waals surface area contributed by atoms with E-state index in [0.717, 1.165) is 32.5 Å². The predicted octanol–water partition coefficient (Wildman–Crippen LogP) is 1.61. The molecule has 0 aliphatic carbocycles. The van der Waals surface area contributed by atoms with Gasteiger partial charge in [-0.05, 0) is 27.2 Å². The highest BCUT2D eigenvalue weighted by Crippen LogP contribution is 2.17. The zero-order chi connectivity index (χ0) is 11.5. The van der Waals surface area contributed by atoms with Crippen LogP contribution < -0.4 is 5.73 Å². The van der Waals surface area contributed by atoms with Crippen molar-refractivity contribution in [2.75, 3.05) is 19.7 Å². The van der Waals surface area contributed by atoms with Crippen molar-refractivity contribution in [2.24, 2.45) is 5.73 Å². The number of hydrogen-bond acceptors (Lipinski definition) is 3. The lowest BCUT2D eigenvalue weighted by Crippen LogP contribution is -2.55. The maximum absolute atomic E-state index is 6.28. The van der Waals surface area contributed by atoms with E-state index in [1.54, 1.807) is 0 Å². The average Bonchev–Trinajstić information content (AvgIpc) is 2.10. The predicted molar refractivity (Wildman–Crippen MR) is 63.9 cm³/mol. The molecule has 1 heterocycles. The Morgan fingerprint density at radius 2 is 2.13 bits per heavy atom. The van der Waals surface area contributed by atoms with Crippen LogP contribution in [0.3, 0.4) is 0 Å². The molecule has 3 nitrogen and oxygen atoms in total. The molecule has 0 aromatic rings. The van der Waals surface area contributed by atoms with E-state index in [-0.39, 0.29) is 5.54 Å². The highest BCUT2D eigenvalue weighted by molar-refractivity contribution is 4.86. The van der Waals surface area contributed by atoms with Crippen LogP contribution in [0.4, 0.5) is 0 Å². The van der Waals surface area contributed by atoms with Crippen LogP contribution >= 0.6 is 0 Å². The molecule has 1 aliphatic rings. The van der Waals surface area contributed by atoms with Crippen LogP contribution in [-0.4, -0.2) is 42.3 Å². The fraction of sp³-hybridized carbons (Fsp3) is 1.00. The summed E-state index contributed by atoms with van der Waals surface area (Å²) in [6.07, 6.45) is 2.59. The second-order valence-electron chi connectivity index (χ2n) is 5.33. The van der Waals surface area contributed by atoms with Crippen molar-refractivity contribution in [2.45, 2.75) is 58.2 Å². The first-order valence-corrected chi connectivity index (χ1v) is 6.09. The number of morpholine rings is 1. The Morgan fingerprint density at radius 3 is 2.73 bits per heavy atom. The molecular weight excluding hydrogens is 188 g/mol. The minimum atomic E-state index is -0.0555. The third kappa shape index (κ3) is 4.09. The standard InChI is InChI=1S/C12H26N2O/c1-5-6-12(4,13)9-14-7-11(3)15-8-10(14)2/h10-11H,5-9,13H2,1-4H3. The van der Waals surface area contributed by atoms with Gasteiger partial charge in [0.05, 0.1) is 12.7 Å². The van der Waals surface area contributed by atoms with E-state index in [4.69, 9.17) is 10.5 Å². The Kier molecular flexibility index (Phi) is 4.56. The third-order valence-electron chi connectivity index (χ3n) is 3.12. The van der Waals surface area contributed by atoms with E-state index in [1.165, 1.54) is 0 Å². The van der Waals surface area contributed by atoms with Gasteiger partial charge in [0.1, 0.15) is 0 Å². The second-order valence-corrected chi connectivity index (χ2v) is 5.33. The first-order chi connectivity index (χ1) is 6.94. The fourth-order valence-electron chi connectivity index (χ4n) is 2.31. The topological polar surface area (TPSA) is 38.5 Å². The van der Waals surface area contributed by atoms with Crippen molar-refractivity contribution in [1.82, 2.24) is 4.90 Å². The van der Waals surface area contributed by atoms with Crippen LogP contribution in [0, 0.1) is 0 Å². The maximum atomic E-state index is 6.28. The smallest absolute Gasteiger partial charge is 0.0674 e. The Labute approximate surface area is 94.0 Å². The summed E-state index contributed by atoms with van der Waals surface area (Å²) in [5, 5.41) is 0. The van der Waals surface area contributed by atoms with Gasteiger partial charge < -0.3 is 10.5 Å². The Balaban J connectivity index is 2.47. The highest BCUT2D eigenvalue weighted by atomic mass is 16.5. The molecule has 0 bridgehead atoms. The van der Waals surface area contributed by atoms with E-state index in [2.05, 4.69) is 32.6 Å². The van der Waals surface area contributed by atoms with Gasteiger partial charge in [-0.2, -0.15) is 0 Å². The molecule has 3 heteroatoms. The van der Waals surface area contributed by atoms with Gasteiger partial charge in [0.2, 0.25) is 0 Å². The van der Waals surface area contributed by atoms with Crippen LogP contribution in [0.1, 0.15) is 40.5 Å². The molecule has 0 amide bonds. The van der Waals surface area contributed by atoms with E-state index >= 15 is 0 Å². The maximum Gasteiger partial charge on any atom is 0.0674 e. The van der Waals surface area contributed by atoms with Crippen LogP contribution in [-0.2, 0) is 4.74 Å². The van der Waals surface area contributed by atoms with Crippen molar-refractivity contribution in [3.63, 3.8) is 0 Å². The largest absolute Gasteiger partial charge is 0.376 e. The summed E-state index contributed by atoms with van der Waals surface area (Å²) in [7, 11) is 0. The van der Waals surface area contributed by atoms with Gasteiger partial charge in [-0.15, -0.1) is 0 Å². The molecular formula is C12H26N2O. The Morgan fingerprint density at radius 1 is 1.47 bits per heavy atom. The number of nitrogens with zero attached hydrogens (tertiary/aromatic N) is 1. The molecule has 1 aliphatic heterocycles.